The molecular weight excluding hydrogens is 412 g/mol. The molecule has 0 radical (unpaired) electrons. The first-order valence-corrected chi connectivity index (χ1v) is 13.3. The molecule has 0 bridgehead atoms. The highest BCUT2D eigenvalue weighted by Crippen LogP contribution is 2.37. The molecule has 0 aliphatic rings. The van der Waals surface area contributed by atoms with Crippen LogP contribution in [0.1, 0.15) is 134 Å². The van der Waals surface area contributed by atoms with Gasteiger partial charge in [-0.15, -0.1) is 0 Å². The van der Waals surface area contributed by atoms with E-state index in [9.17, 15) is 19.8 Å². The van der Waals surface area contributed by atoms with E-state index in [1.165, 1.54) is 32.1 Å². The van der Waals surface area contributed by atoms with Gasteiger partial charge in [-0.1, -0.05) is 91.3 Å². The smallest absolute Gasteiger partial charge is 0.310 e. The molecule has 4 heteroatoms. The Balaban J connectivity index is 3.24. The summed E-state index contributed by atoms with van der Waals surface area (Å²) in [6.45, 7) is 10.6. The number of carbonyl (C=O) groups is 2. The van der Waals surface area contributed by atoms with Crippen LogP contribution in [0.3, 0.4) is 0 Å². The fraction of sp³-hybridized carbons (Fsp3) is 0.724. The predicted octanol–water partition coefficient (Wildman–Crippen LogP) is 8.19. The van der Waals surface area contributed by atoms with Gasteiger partial charge in [0.2, 0.25) is 0 Å². The van der Waals surface area contributed by atoms with Crippen molar-refractivity contribution < 1.29 is 19.8 Å². The van der Waals surface area contributed by atoms with Gasteiger partial charge in [0.05, 0.1) is 11.8 Å². The van der Waals surface area contributed by atoms with E-state index in [0.717, 1.165) is 48.8 Å². The van der Waals surface area contributed by atoms with E-state index in [2.05, 4.69) is 34.6 Å². The Bertz CT molecular complexity index is 708. The summed E-state index contributed by atoms with van der Waals surface area (Å²) >= 11 is 0. The van der Waals surface area contributed by atoms with Gasteiger partial charge in [0.15, 0.2) is 0 Å². The number of hydrogen-bond donors (Lipinski definition) is 2. The number of rotatable bonds is 18. The highest BCUT2D eigenvalue weighted by Gasteiger charge is 2.31. The zero-order valence-electron chi connectivity index (χ0n) is 21.7. The van der Waals surface area contributed by atoms with Crippen molar-refractivity contribution in [2.24, 2.45) is 11.8 Å². The summed E-state index contributed by atoms with van der Waals surface area (Å²) in [7, 11) is 0. The van der Waals surface area contributed by atoms with Crippen molar-refractivity contribution in [1.29, 1.82) is 0 Å². The van der Waals surface area contributed by atoms with Crippen LogP contribution in [-0.2, 0) is 16.0 Å². The Morgan fingerprint density at radius 2 is 1.24 bits per heavy atom. The Kier molecular flexibility index (Phi) is 14.1. The van der Waals surface area contributed by atoms with Crippen LogP contribution in [0.2, 0.25) is 0 Å². The van der Waals surface area contributed by atoms with Crippen LogP contribution in [0.25, 0.3) is 0 Å². The first-order chi connectivity index (χ1) is 15.7. The molecule has 0 saturated heterocycles. The fourth-order valence-corrected chi connectivity index (χ4v) is 4.66. The molecule has 0 saturated carbocycles. The Morgan fingerprint density at radius 3 is 1.76 bits per heavy atom. The quantitative estimate of drug-likeness (QED) is 0.217. The molecule has 0 aliphatic heterocycles. The molecule has 2 unspecified atom stereocenters. The summed E-state index contributed by atoms with van der Waals surface area (Å²) in [5.74, 6) is -2.18. The summed E-state index contributed by atoms with van der Waals surface area (Å²) in [6, 6.07) is 5.83. The third kappa shape index (κ3) is 10.8. The van der Waals surface area contributed by atoms with Crippen LogP contribution in [0.4, 0.5) is 0 Å². The molecule has 4 nitrogen and oxygen atoms in total. The number of carboxylic acids is 2. The lowest BCUT2D eigenvalue weighted by molar-refractivity contribution is -0.140. The molecule has 0 aromatic heterocycles. The van der Waals surface area contributed by atoms with E-state index >= 15 is 0 Å². The summed E-state index contributed by atoms with van der Waals surface area (Å²) in [5, 5.41) is 20.2. The minimum Gasteiger partial charge on any atom is -0.481 e. The third-order valence-electron chi connectivity index (χ3n) is 6.67. The van der Waals surface area contributed by atoms with Crippen molar-refractivity contribution in [3.8, 4) is 0 Å². The van der Waals surface area contributed by atoms with Gasteiger partial charge >= 0.3 is 11.9 Å². The van der Waals surface area contributed by atoms with E-state index < -0.39 is 23.8 Å². The van der Waals surface area contributed by atoms with Crippen molar-refractivity contribution in [3.63, 3.8) is 0 Å². The van der Waals surface area contributed by atoms with Gasteiger partial charge in [0, 0.05) is 0 Å². The Hall–Kier alpha value is -1.84. The molecule has 1 rings (SSSR count). The minimum absolute atomic E-state index is 0.404. The number of hydrogen-bond acceptors (Lipinski definition) is 2. The van der Waals surface area contributed by atoms with Gasteiger partial charge in [0.25, 0.3) is 0 Å². The Morgan fingerprint density at radius 1 is 0.727 bits per heavy atom. The van der Waals surface area contributed by atoms with Crippen LogP contribution < -0.4 is 0 Å². The molecule has 2 N–H and O–H groups in total. The number of aliphatic carboxylic acids is 2. The van der Waals surface area contributed by atoms with E-state index in [1.807, 2.05) is 18.2 Å². The molecule has 1 aromatic rings. The van der Waals surface area contributed by atoms with Crippen molar-refractivity contribution in [1.82, 2.24) is 0 Å². The fourth-order valence-electron chi connectivity index (χ4n) is 4.66. The second kappa shape index (κ2) is 15.9. The number of aryl methyl sites for hydroxylation is 1. The lowest BCUT2D eigenvalue weighted by Crippen LogP contribution is -2.21. The van der Waals surface area contributed by atoms with Gasteiger partial charge in [0.1, 0.15) is 0 Å². The summed E-state index contributed by atoms with van der Waals surface area (Å²) in [4.78, 5) is 24.7. The van der Waals surface area contributed by atoms with Gasteiger partial charge in [-0.3, -0.25) is 9.59 Å². The second-order valence-electron chi connectivity index (χ2n) is 10.5. The van der Waals surface area contributed by atoms with Crippen LogP contribution in [0, 0.1) is 11.8 Å². The van der Waals surface area contributed by atoms with E-state index in [-0.39, 0.29) is 0 Å². The van der Waals surface area contributed by atoms with Gasteiger partial charge in [-0.2, -0.15) is 0 Å². The summed E-state index contributed by atoms with van der Waals surface area (Å²) < 4.78 is 0. The molecule has 0 fully saturated rings. The molecule has 0 heterocycles. The number of benzene rings is 1. The maximum Gasteiger partial charge on any atom is 0.310 e. The minimum atomic E-state index is -0.849. The average Bonchev–Trinajstić information content (AvgIpc) is 2.73. The standard InChI is InChI=1S/C29H48O4/c1-6-7-8-9-10-11-12-14-23-15-13-16-24(25(28(30)31)19-17-21(2)3)27(23)26(29(32)33)20-18-22(4)5/h13,15-16,21-22,25-26H,6-12,14,17-20H2,1-5H3,(H,30,31)(H,32,33). The van der Waals surface area contributed by atoms with Gasteiger partial charge in [-0.25, -0.2) is 0 Å². The monoisotopic (exact) mass is 460 g/mol. The number of unbranched alkanes of at least 4 members (excludes halogenated alkanes) is 6. The maximum absolute atomic E-state index is 12.4. The second-order valence-corrected chi connectivity index (χ2v) is 10.5. The predicted molar refractivity (Wildman–Crippen MR) is 137 cm³/mol. The van der Waals surface area contributed by atoms with Gasteiger partial charge < -0.3 is 10.2 Å². The molecule has 1 aromatic carbocycles. The van der Waals surface area contributed by atoms with Crippen molar-refractivity contribution >= 4 is 11.9 Å². The van der Waals surface area contributed by atoms with Crippen molar-refractivity contribution in [3.05, 3.63) is 34.9 Å². The average molecular weight is 461 g/mol. The zero-order chi connectivity index (χ0) is 24.8. The molecule has 0 aliphatic carbocycles. The maximum atomic E-state index is 12.4. The van der Waals surface area contributed by atoms with E-state index in [4.69, 9.17) is 0 Å². The molecule has 0 spiro atoms. The Labute approximate surface area is 202 Å². The lowest BCUT2D eigenvalue weighted by atomic mass is 9.78. The highest BCUT2D eigenvalue weighted by molar-refractivity contribution is 5.81. The molecule has 2 atom stereocenters. The lowest BCUT2D eigenvalue weighted by Gasteiger charge is -2.25. The first-order valence-electron chi connectivity index (χ1n) is 13.3. The van der Waals surface area contributed by atoms with E-state index in [0.29, 0.717) is 24.7 Å². The molecule has 0 amide bonds. The SMILES string of the molecule is CCCCCCCCCc1cccc(C(CCC(C)C)C(=O)O)c1C(CCC(C)C)C(=O)O. The van der Waals surface area contributed by atoms with Crippen molar-refractivity contribution in [2.45, 2.75) is 124 Å². The highest BCUT2D eigenvalue weighted by atomic mass is 16.4. The van der Waals surface area contributed by atoms with Crippen LogP contribution in [0.15, 0.2) is 18.2 Å². The summed E-state index contributed by atoms with van der Waals surface area (Å²) in [6.07, 6.45) is 11.9. The molecular formula is C29H48O4. The molecule has 33 heavy (non-hydrogen) atoms. The zero-order valence-corrected chi connectivity index (χ0v) is 21.7. The van der Waals surface area contributed by atoms with Crippen LogP contribution in [0.5, 0.6) is 0 Å². The third-order valence-corrected chi connectivity index (χ3v) is 6.67. The van der Waals surface area contributed by atoms with Gasteiger partial charge in [-0.05, 0) is 67.1 Å². The van der Waals surface area contributed by atoms with Crippen LogP contribution in [-0.4, -0.2) is 22.2 Å². The first kappa shape index (κ1) is 29.2. The largest absolute Gasteiger partial charge is 0.481 e. The van der Waals surface area contributed by atoms with Crippen molar-refractivity contribution in [2.75, 3.05) is 0 Å². The van der Waals surface area contributed by atoms with Crippen LogP contribution >= 0.6 is 0 Å². The van der Waals surface area contributed by atoms with E-state index in [1.54, 1.807) is 0 Å². The number of carboxylic acid groups (broad SMARTS) is 2. The normalized spacial score (nSPS) is 13.4. The molecule has 188 valence electrons. The summed E-state index contributed by atoms with van der Waals surface area (Å²) in [5.41, 5.74) is 2.54. The topological polar surface area (TPSA) is 74.6 Å².